The molecular formula is C21H26F2N8O. The highest BCUT2D eigenvalue weighted by Crippen LogP contribution is 2.26. The number of carbonyl (C=O) groups is 1. The van der Waals surface area contributed by atoms with Crippen LogP contribution in [-0.2, 0) is 11.3 Å². The summed E-state index contributed by atoms with van der Waals surface area (Å²) >= 11 is 0. The summed E-state index contributed by atoms with van der Waals surface area (Å²) < 4.78 is 26.3. The average molecular weight is 444 g/mol. The van der Waals surface area contributed by atoms with Gasteiger partial charge in [0, 0.05) is 44.7 Å². The van der Waals surface area contributed by atoms with E-state index in [1.165, 1.54) is 30.7 Å². The van der Waals surface area contributed by atoms with Crippen LogP contribution in [0.25, 0.3) is 0 Å². The molecule has 1 saturated heterocycles. The van der Waals surface area contributed by atoms with Crippen molar-refractivity contribution in [2.45, 2.75) is 24.9 Å². The first kappa shape index (κ1) is 23.4. The third-order valence-corrected chi connectivity index (χ3v) is 5.43. The molecule has 1 amide bonds. The van der Waals surface area contributed by atoms with Crippen LogP contribution >= 0.6 is 0 Å². The number of nitrogens with zero attached hydrogens (tertiary/aromatic N) is 5. The van der Waals surface area contributed by atoms with Gasteiger partial charge in [0.15, 0.2) is 0 Å². The standard InChI is InChI=1S/C21H26F2N8O/c22-14-1-2-16(28-10-14)12-31-7-4-21(13-24,5-8-31)29-11-17(20(26)32)19(25)30-15-3-6-27-18(23)9-15/h1-3,6,9-11,17H,4-5,7-8,12-13,24H2,(H2,26,32)(H2,25,27,30). The Morgan fingerprint density at radius 2 is 1.97 bits per heavy atom. The molecule has 0 aromatic carbocycles. The number of amidine groups is 1. The number of pyridine rings is 2. The van der Waals surface area contributed by atoms with Crippen LogP contribution < -0.4 is 17.2 Å². The molecule has 3 rings (SSSR count). The van der Waals surface area contributed by atoms with Gasteiger partial charge in [0.2, 0.25) is 11.9 Å². The van der Waals surface area contributed by atoms with Crippen LogP contribution in [-0.4, -0.2) is 58.0 Å². The van der Waals surface area contributed by atoms with Gasteiger partial charge < -0.3 is 17.2 Å². The fraction of sp³-hybridized carbons (Fsp3) is 0.381. The molecule has 0 aliphatic carbocycles. The molecule has 2 aromatic rings. The predicted octanol–water partition coefficient (Wildman–Crippen LogP) is 0.909. The van der Waals surface area contributed by atoms with Gasteiger partial charge in [-0.05, 0) is 31.0 Å². The second-order valence-corrected chi connectivity index (χ2v) is 7.70. The Morgan fingerprint density at radius 3 is 2.56 bits per heavy atom. The summed E-state index contributed by atoms with van der Waals surface area (Å²) in [6.07, 6.45) is 5.12. The van der Waals surface area contributed by atoms with Gasteiger partial charge >= 0.3 is 0 Å². The Bertz CT molecular complexity index is 988. The molecule has 6 N–H and O–H groups in total. The zero-order valence-corrected chi connectivity index (χ0v) is 17.5. The zero-order chi connectivity index (χ0) is 23.1. The van der Waals surface area contributed by atoms with Crippen molar-refractivity contribution in [3.63, 3.8) is 0 Å². The van der Waals surface area contributed by atoms with E-state index in [9.17, 15) is 13.6 Å². The molecule has 1 unspecified atom stereocenters. The predicted molar refractivity (Wildman–Crippen MR) is 117 cm³/mol. The number of likely N-dealkylation sites (tertiary alicyclic amines) is 1. The zero-order valence-electron chi connectivity index (χ0n) is 17.5. The highest BCUT2D eigenvalue weighted by atomic mass is 19.1. The van der Waals surface area contributed by atoms with Crippen molar-refractivity contribution in [2.24, 2.45) is 33.1 Å². The highest BCUT2D eigenvalue weighted by molar-refractivity contribution is 6.14. The van der Waals surface area contributed by atoms with Crippen LogP contribution in [0, 0.1) is 17.7 Å². The normalized spacial score (nSPS) is 18.0. The molecule has 32 heavy (non-hydrogen) atoms. The molecule has 0 saturated carbocycles. The Balaban J connectivity index is 1.67. The number of hydrogen-bond acceptors (Lipinski definition) is 7. The lowest BCUT2D eigenvalue weighted by atomic mass is 9.88. The lowest BCUT2D eigenvalue weighted by Gasteiger charge is -2.38. The third-order valence-electron chi connectivity index (χ3n) is 5.43. The Kier molecular flexibility index (Phi) is 7.54. The number of piperidine rings is 1. The van der Waals surface area contributed by atoms with Crippen LogP contribution in [0.5, 0.6) is 0 Å². The largest absolute Gasteiger partial charge is 0.386 e. The number of primary amides is 1. The van der Waals surface area contributed by atoms with Crippen LogP contribution in [0.15, 0.2) is 46.6 Å². The monoisotopic (exact) mass is 444 g/mol. The number of rotatable bonds is 8. The smallest absolute Gasteiger partial charge is 0.233 e. The minimum Gasteiger partial charge on any atom is -0.386 e. The summed E-state index contributed by atoms with van der Waals surface area (Å²) in [5.41, 5.74) is 17.9. The third kappa shape index (κ3) is 6.11. The van der Waals surface area contributed by atoms with Gasteiger partial charge in [0.1, 0.15) is 17.6 Å². The number of carbonyl (C=O) groups excluding carboxylic acids is 1. The van der Waals surface area contributed by atoms with E-state index >= 15 is 0 Å². The van der Waals surface area contributed by atoms with Crippen molar-refractivity contribution < 1.29 is 13.6 Å². The fourth-order valence-electron chi connectivity index (χ4n) is 3.45. The maximum absolute atomic E-state index is 13.3. The SMILES string of the molecule is NCC1(N=CC(C(N)=O)C(N)=Nc2ccnc(F)c2)CCN(Cc2ccc(F)cn2)CC1. The molecule has 0 radical (unpaired) electrons. The number of aliphatic imine (C=N–C) groups is 2. The summed E-state index contributed by atoms with van der Waals surface area (Å²) in [6.45, 7) is 2.28. The summed E-state index contributed by atoms with van der Waals surface area (Å²) in [5, 5.41) is 0. The number of nitrogens with two attached hydrogens (primary N) is 3. The van der Waals surface area contributed by atoms with Gasteiger partial charge in [-0.1, -0.05) is 0 Å². The molecule has 9 nitrogen and oxygen atoms in total. The van der Waals surface area contributed by atoms with E-state index in [2.05, 4.69) is 24.9 Å². The molecular weight excluding hydrogens is 418 g/mol. The van der Waals surface area contributed by atoms with Crippen molar-refractivity contribution in [3.05, 3.63) is 54.1 Å². The summed E-state index contributed by atoms with van der Waals surface area (Å²) in [5.74, 6) is -2.97. The van der Waals surface area contributed by atoms with Gasteiger partial charge in [0.05, 0.1) is 23.1 Å². The van der Waals surface area contributed by atoms with E-state index in [-0.39, 0.29) is 23.9 Å². The summed E-state index contributed by atoms with van der Waals surface area (Å²) in [4.78, 5) is 30.3. The van der Waals surface area contributed by atoms with Gasteiger partial charge in [-0.3, -0.25) is 19.7 Å². The van der Waals surface area contributed by atoms with Gasteiger partial charge in [-0.15, -0.1) is 0 Å². The second-order valence-electron chi connectivity index (χ2n) is 7.70. The van der Waals surface area contributed by atoms with Crippen LogP contribution in [0.3, 0.4) is 0 Å². The number of halogens is 2. The van der Waals surface area contributed by atoms with Gasteiger partial charge in [0.25, 0.3) is 0 Å². The molecule has 11 heteroatoms. The maximum Gasteiger partial charge on any atom is 0.233 e. The van der Waals surface area contributed by atoms with Gasteiger partial charge in [-0.2, -0.15) is 4.39 Å². The van der Waals surface area contributed by atoms with E-state index in [0.717, 1.165) is 11.8 Å². The highest BCUT2D eigenvalue weighted by Gasteiger charge is 2.33. The quantitative estimate of drug-likeness (QED) is 0.313. The molecule has 0 spiro atoms. The Morgan fingerprint density at radius 1 is 1.22 bits per heavy atom. The van der Waals surface area contributed by atoms with Gasteiger partial charge in [-0.25, -0.2) is 14.4 Å². The van der Waals surface area contributed by atoms with E-state index in [0.29, 0.717) is 32.5 Å². The maximum atomic E-state index is 13.3. The molecule has 3 heterocycles. The molecule has 1 aliphatic rings. The first-order valence-corrected chi connectivity index (χ1v) is 10.1. The Labute approximate surface area is 184 Å². The molecule has 1 atom stereocenters. The topological polar surface area (TPSA) is 149 Å². The minimum absolute atomic E-state index is 0.0983. The molecule has 1 aliphatic heterocycles. The molecule has 0 bridgehead atoms. The van der Waals surface area contributed by atoms with E-state index in [4.69, 9.17) is 17.2 Å². The summed E-state index contributed by atoms with van der Waals surface area (Å²) in [6, 6.07) is 5.59. The lowest BCUT2D eigenvalue weighted by molar-refractivity contribution is -0.118. The van der Waals surface area contributed by atoms with Crippen molar-refractivity contribution in [2.75, 3.05) is 19.6 Å². The van der Waals surface area contributed by atoms with Crippen molar-refractivity contribution in [1.82, 2.24) is 14.9 Å². The number of hydrogen-bond donors (Lipinski definition) is 3. The Hall–Kier alpha value is -3.31. The van der Waals surface area contributed by atoms with Crippen LogP contribution in [0.4, 0.5) is 14.5 Å². The van der Waals surface area contributed by atoms with E-state index in [1.807, 2.05) is 0 Å². The van der Waals surface area contributed by atoms with Crippen molar-refractivity contribution >= 4 is 23.6 Å². The first-order valence-electron chi connectivity index (χ1n) is 10.1. The number of amides is 1. The molecule has 1 fully saturated rings. The minimum atomic E-state index is -1.06. The molecule has 2 aromatic heterocycles. The first-order chi connectivity index (χ1) is 15.3. The van der Waals surface area contributed by atoms with Crippen molar-refractivity contribution in [3.8, 4) is 0 Å². The van der Waals surface area contributed by atoms with E-state index in [1.54, 1.807) is 6.07 Å². The van der Waals surface area contributed by atoms with Crippen LogP contribution in [0.1, 0.15) is 18.5 Å². The average Bonchev–Trinajstić information content (AvgIpc) is 2.76. The number of aromatic nitrogens is 2. The molecule has 170 valence electrons. The fourth-order valence-corrected chi connectivity index (χ4v) is 3.45. The lowest BCUT2D eigenvalue weighted by Crippen LogP contribution is -2.48. The van der Waals surface area contributed by atoms with Crippen LogP contribution in [0.2, 0.25) is 0 Å². The second kappa shape index (κ2) is 10.3. The van der Waals surface area contributed by atoms with E-state index < -0.39 is 23.3 Å². The van der Waals surface area contributed by atoms with Crippen molar-refractivity contribution in [1.29, 1.82) is 0 Å². The summed E-state index contributed by atoms with van der Waals surface area (Å²) in [7, 11) is 0.